The van der Waals surface area contributed by atoms with Gasteiger partial charge in [0.15, 0.2) is 0 Å². The largest absolute Gasteiger partial charge is 0.459 e. The van der Waals surface area contributed by atoms with Crippen LogP contribution in [0.3, 0.4) is 0 Å². The number of anilines is 2. The maximum atomic E-state index is 13.4. The summed E-state index contributed by atoms with van der Waals surface area (Å²) >= 11 is 0. The van der Waals surface area contributed by atoms with Crippen LogP contribution in [0.1, 0.15) is 37.5 Å². The van der Waals surface area contributed by atoms with E-state index in [-0.39, 0.29) is 23.9 Å². The zero-order chi connectivity index (χ0) is 21.1. The Morgan fingerprint density at radius 1 is 0.966 bits per heavy atom. The second-order valence-electron chi connectivity index (χ2n) is 7.64. The summed E-state index contributed by atoms with van der Waals surface area (Å²) in [4.78, 5) is 7.70. The standard InChI is InChI=1S/C22H22F3N3O/c1-21(2,3)16-10-7-11-17(12-16)27-19-18(22(23,24)25)13-26-20(28-19)29-14-15-8-5-4-6-9-15/h4-13H,14H2,1-3H3,(H,26,27,28). The number of hydrogen-bond acceptors (Lipinski definition) is 4. The van der Waals surface area contributed by atoms with Crippen LogP contribution in [0.4, 0.5) is 24.7 Å². The van der Waals surface area contributed by atoms with E-state index < -0.39 is 11.7 Å². The summed E-state index contributed by atoms with van der Waals surface area (Å²) in [6, 6.07) is 16.4. The second-order valence-corrected chi connectivity index (χ2v) is 7.64. The Kier molecular flexibility index (Phi) is 5.77. The van der Waals surface area contributed by atoms with Gasteiger partial charge in [0.1, 0.15) is 18.0 Å². The van der Waals surface area contributed by atoms with E-state index in [0.717, 1.165) is 17.3 Å². The molecule has 4 nitrogen and oxygen atoms in total. The van der Waals surface area contributed by atoms with Gasteiger partial charge >= 0.3 is 12.2 Å². The molecule has 152 valence electrons. The number of halogens is 3. The number of benzene rings is 2. The SMILES string of the molecule is CC(C)(C)c1cccc(Nc2nc(OCc3ccccc3)ncc2C(F)(F)F)c1. The van der Waals surface area contributed by atoms with Crippen LogP contribution in [-0.4, -0.2) is 9.97 Å². The minimum absolute atomic E-state index is 0.128. The van der Waals surface area contributed by atoms with Crippen molar-refractivity contribution in [2.45, 2.75) is 39.0 Å². The van der Waals surface area contributed by atoms with Crippen molar-refractivity contribution in [3.8, 4) is 6.01 Å². The van der Waals surface area contributed by atoms with Gasteiger partial charge < -0.3 is 10.1 Å². The first-order valence-electron chi connectivity index (χ1n) is 9.11. The predicted molar refractivity (Wildman–Crippen MR) is 106 cm³/mol. The van der Waals surface area contributed by atoms with E-state index in [2.05, 4.69) is 15.3 Å². The maximum Gasteiger partial charge on any atom is 0.421 e. The molecule has 3 rings (SSSR count). The summed E-state index contributed by atoms with van der Waals surface area (Å²) < 4.78 is 45.8. The molecule has 1 N–H and O–H groups in total. The Hall–Kier alpha value is -3.09. The van der Waals surface area contributed by atoms with Gasteiger partial charge in [0.2, 0.25) is 0 Å². The van der Waals surface area contributed by atoms with Crippen LogP contribution >= 0.6 is 0 Å². The van der Waals surface area contributed by atoms with Gasteiger partial charge in [-0.05, 0) is 28.7 Å². The van der Waals surface area contributed by atoms with Crippen molar-refractivity contribution < 1.29 is 17.9 Å². The molecule has 0 fully saturated rings. The van der Waals surface area contributed by atoms with Gasteiger partial charge in [-0.25, -0.2) is 4.98 Å². The third-order valence-electron chi connectivity index (χ3n) is 4.27. The average Bonchev–Trinajstić information content (AvgIpc) is 2.66. The molecule has 0 saturated heterocycles. The van der Waals surface area contributed by atoms with Crippen LogP contribution in [0.5, 0.6) is 6.01 Å². The number of aromatic nitrogens is 2. The van der Waals surface area contributed by atoms with Crippen molar-refractivity contribution in [2.24, 2.45) is 0 Å². The minimum Gasteiger partial charge on any atom is -0.459 e. The van der Waals surface area contributed by atoms with Crippen molar-refractivity contribution in [3.63, 3.8) is 0 Å². The molecule has 0 bridgehead atoms. The third kappa shape index (κ3) is 5.47. The lowest BCUT2D eigenvalue weighted by molar-refractivity contribution is -0.137. The van der Waals surface area contributed by atoms with Crippen molar-refractivity contribution >= 4 is 11.5 Å². The number of rotatable bonds is 5. The highest BCUT2D eigenvalue weighted by Crippen LogP contribution is 2.36. The molecule has 2 aromatic carbocycles. The Morgan fingerprint density at radius 3 is 2.34 bits per heavy atom. The predicted octanol–water partition coefficient (Wildman–Crippen LogP) is 6.12. The summed E-state index contributed by atoms with van der Waals surface area (Å²) in [5.74, 6) is -0.346. The van der Waals surface area contributed by atoms with E-state index in [1.54, 1.807) is 12.1 Å². The van der Waals surface area contributed by atoms with E-state index in [1.807, 2.05) is 63.2 Å². The quantitative estimate of drug-likeness (QED) is 0.560. The molecular formula is C22H22F3N3O. The summed E-state index contributed by atoms with van der Waals surface area (Å²) in [5.41, 5.74) is 1.27. The average molecular weight is 401 g/mol. The first kappa shape index (κ1) is 20.6. The molecular weight excluding hydrogens is 379 g/mol. The van der Waals surface area contributed by atoms with Gasteiger partial charge in [-0.15, -0.1) is 0 Å². The number of nitrogens with zero attached hydrogens (tertiary/aromatic N) is 2. The summed E-state index contributed by atoms with van der Waals surface area (Å²) in [6.07, 6.45) is -3.86. The van der Waals surface area contributed by atoms with E-state index in [0.29, 0.717) is 5.69 Å². The van der Waals surface area contributed by atoms with Crippen molar-refractivity contribution in [1.29, 1.82) is 0 Å². The minimum atomic E-state index is -4.60. The van der Waals surface area contributed by atoms with Crippen molar-refractivity contribution in [3.05, 3.63) is 77.5 Å². The molecule has 0 aliphatic rings. The molecule has 0 amide bonds. The van der Waals surface area contributed by atoms with Gasteiger partial charge in [0.25, 0.3) is 0 Å². The smallest absolute Gasteiger partial charge is 0.421 e. The second kappa shape index (κ2) is 8.11. The summed E-state index contributed by atoms with van der Waals surface area (Å²) in [5, 5.41) is 2.78. The fourth-order valence-electron chi connectivity index (χ4n) is 2.66. The Labute approximate surface area is 167 Å². The molecule has 0 saturated carbocycles. The molecule has 0 unspecified atom stereocenters. The van der Waals surface area contributed by atoms with Crippen molar-refractivity contribution in [1.82, 2.24) is 9.97 Å². The van der Waals surface area contributed by atoms with E-state index in [9.17, 15) is 13.2 Å². The molecule has 1 aromatic heterocycles. The van der Waals surface area contributed by atoms with E-state index in [4.69, 9.17) is 4.74 Å². The molecule has 1 heterocycles. The molecule has 7 heteroatoms. The van der Waals surface area contributed by atoms with Crippen molar-refractivity contribution in [2.75, 3.05) is 5.32 Å². The fourth-order valence-corrected chi connectivity index (χ4v) is 2.66. The van der Waals surface area contributed by atoms with E-state index >= 15 is 0 Å². The Morgan fingerprint density at radius 2 is 1.69 bits per heavy atom. The lowest BCUT2D eigenvalue weighted by Gasteiger charge is -2.20. The zero-order valence-electron chi connectivity index (χ0n) is 16.4. The maximum absolute atomic E-state index is 13.4. The number of hydrogen-bond donors (Lipinski definition) is 1. The molecule has 0 aliphatic heterocycles. The molecule has 0 atom stereocenters. The molecule has 0 radical (unpaired) electrons. The molecule has 29 heavy (non-hydrogen) atoms. The zero-order valence-corrected chi connectivity index (χ0v) is 16.4. The Balaban J connectivity index is 1.89. The van der Waals surface area contributed by atoms with Crippen LogP contribution in [-0.2, 0) is 18.2 Å². The van der Waals surface area contributed by atoms with Crippen LogP contribution in [0.2, 0.25) is 0 Å². The molecule has 3 aromatic rings. The summed E-state index contributed by atoms with van der Waals surface area (Å²) in [7, 11) is 0. The number of ether oxygens (including phenoxy) is 1. The number of nitrogens with one attached hydrogen (secondary N) is 1. The molecule has 0 aliphatic carbocycles. The number of alkyl halides is 3. The molecule has 0 spiro atoms. The summed E-state index contributed by atoms with van der Waals surface area (Å²) in [6.45, 7) is 6.26. The highest BCUT2D eigenvalue weighted by molar-refractivity contribution is 5.61. The normalized spacial score (nSPS) is 11.9. The van der Waals surface area contributed by atoms with Crippen LogP contribution in [0.15, 0.2) is 60.8 Å². The van der Waals surface area contributed by atoms with Crippen LogP contribution < -0.4 is 10.1 Å². The monoisotopic (exact) mass is 401 g/mol. The first-order valence-corrected chi connectivity index (χ1v) is 9.11. The lowest BCUT2D eigenvalue weighted by atomic mass is 9.87. The van der Waals surface area contributed by atoms with Gasteiger partial charge in [0.05, 0.1) is 0 Å². The Bertz CT molecular complexity index is 967. The third-order valence-corrected chi connectivity index (χ3v) is 4.27. The van der Waals surface area contributed by atoms with Gasteiger partial charge in [-0.1, -0.05) is 63.2 Å². The topological polar surface area (TPSA) is 47.0 Å². The highest BCUT2D eigenvalue weighted by Gasteiger charge is 2.35. The van der Waals surface area contributed by atoms with Crippen LogP contribution in [0, 0.1) is 0 Å². The van der Waals surface area contributed by atoms with Gasteiger partial charge in [0, 0.05) is 11.9 Å². The highest BCUT2D eigenvalue weighted by atomic mass is 19.4. The van der Waals surface area contributed by atoms with Crippen LogP contribution in [0.25, 0.3) is 0 Å². The lowest BCUT2D eigenvalue weighted by Crippen LogP contribution is -2.13. The van der Waals surface area contributed by atoms with E-state index in [1.165, 1.54) is 0 Å². The van der Waals surface area contributed by atoms with Gasteiger partial charge in [-0.3, -0.25) is 0 Å². The first-order chi connectivity index (χ1) is 13.6. The fraction of sp³-hybridized carbons (Fsp3) is 0.273. The van der Waals surface area contributed by atoms with Gasteiger partial charge in [-0.2, -0.15) is 18.2 Å².